The summed E-state index contributed by atoms with van der Waals surface area (Å²) in [7, 11) is 0. The molecule has 0 saturated heterocycles. The van der Waals surface area contributed by atoms with E-state index in [9.17, 15) is 4.79 Å². The van der Waals surface area contributed by atoms with Gasteiger partial charge in [-0.1, -0.05) is 35.7 Å². The summed E-state index contributed by atoms with van der Waals surface area (Å²) < 4.78 is 2.69. The fraction of sp³-hybridized carbons (Fsp3) is 0.375. The molecule has 22 heavy (non-hydrogen) atoms. The maximum atomic E-state index is 12.2. The first kappa shape index (κ1) is 16.7. The molecule has 0 spiro atoms. The summed E-state index contributed by atoms with van der Waals surface area (Å²) in [6.07, 6.45) is 6.35. The van der Waals surface area contributed by atoms with Crippen molar-refractivity contribution in [2.24, 2.45) is 5.73 Å². The fourth-order valence-electron chi connectivity index (χ4n) is 2.14. The molecule has 0 bridgehead atoms. The van der Waals surface area contributed by atoms with Crippen LogP contribution in [0.1, 0.15) is 36.5 Å². The van der Waals surface area contributed by atoms with Gasteiger partial charge in [0.1, 0.15) is 0 Å². The minimum Gasteiger partial charge on any atom is -0.348 e. The van der Waals surface area contributed by atoms with E-state index in [1.807, 2.05) is 24.3 Å². The number of nitrogens with one attached hydrogen (secondary N) is 1. The molecule has 0 aliphatic rings. The topological polar surface area (TPSA) is 72.9 Å². The molecule has 0 saturated carbocycles. The van der Waals surface area contributed by atoms with Crippen LogP contribution in [0.25, 0.3) is 5.69 Å². The number of carbonyl (C=O) groups excluding carboxylic acids is 1. The molecule has 3 N–H and O–H groups in total. The van der Waals surface area contributed by atoms with E-state index in [0.29, 0.717) is 12.1 Å². The average molecular weight is 365 g/mol. The lowest BCUT2D eigenvalue weighted by Gasteiger charge is -2.15. The highest BCUT2D eigenvalue weighted by atomic mass is 79.9. The third-order valence-corrected chi connectivity index (χ3v) is 3.99. The standard InChI is InChI=1S/C16H21BrN4O/c1-2-3-4-14(9-18)20-16(22)12-10-19-21(11-12)15-7-5-13(17)6-8-15/h5-8,10-11,14H,2-4,9,18H2,1H3,(H,20,22). The van der Waals surface area contributed by atoms with Gasteiger partial charge in [0.25, 0.3) is 5.91 Å². The zero-order valence-electron chi connectivity index (χ0n) is 12.6. The van der Waals surface area contributed by atoms with Crippen molar-refractivity contribution >= 4 is 21.8 Å². The normalized spacial score (nSPS) is 12.1. The summed E-state index contributed by atoms with van der Waals surface area (Å²) in [5, 5.41) is 7.21. The van der Waals surface area contributed by atoms with E-state index in [4.69, 9.17) is 5.73 Å². The Morgan fingerprint density at radius 3 is 2.77 bits per heavy atom. The smallest absolute Gasteiger partial charge is 0.254 e. The Bertz CT molecular complexity index is 609. The molecule has 2 rings (SSSR count). The molecule has 1 unspecified atom stereocenters. The maximum Gasteiger partial charge on any atom is 0.254 e. The quantitative estimate of drug-likeness (QED) is 0.793. The number of rotatable bonds is 7. The zero-order chi connectivity index (χ0) is 15.9. The lowest BCUT2D eigenvalue weighted by Crippen LogP contribution is -2.40. The van der Waals surface area contributed by atoms with Crippen LogP contribution in [0, 0.1) is 0 Å². The van der Waals surface area contributed by atoms with E-state index < -0.39 is 0 Å². The lowest BCUT2D eigenvalue weighted by molar-refractivity contribution is 0.0936. The van der Waals surface area contributed by atoms with E-state index >= 15 is 0 Å². The second-order valence-electron chi connectivity index (χ2n) is 5.20. The highest BCUT2D eigenvalue weighted by Crippen LogP contribution is 2.14. The molecule has 5 nitrogen and oxygen atoms in total. The molecule has 0 radical (unpaired) electrons. The summed E-state index contributed by atoms with van der Waals surface area (Å²) in [4.78, 5) is 12.2. The van der Waals surface area contributed by atoms with Gasteiger partial charge in [-0.15, -0.1) is 0 Å². The van der Waals surface area contributed by atoms with E-state index in [1.165, 1.54) is 0 Å². The summed E-state index contributed by atoms with van der Waals surface area (Å²) in [6, 6.07) is 7.76. The summed E-state index contributed by atoms with van der Waals surface area (Å²) in [5.74, 6) is -0.130. The van der Waals surface area contributed by atoms with Crippen LogP contribution in [-0.4, -0.2) is 28.3 Å². The Balaban J connectivity index is 2.03. The van der Waals surface area contributed by atoms with Crippen molar-refractivity contribution in [1.82, 2.24) is 15.1 Å². The SMILES string of the molecule is CCCCC(CN)NC(=O)c1cnn(-c2ccc(Br)cc2)c1. The van der Waals surface area contributed by atoms with Crippen molar-refractivity contribution in [3.8, 4) is 5.69 Å². The summed E-state index contributed by atoms with van der Waals surface area (Å²) in [6.45, 7) is 2.57. The van der Waals surface area contributed by atoms with E-state index in [2.05, 4.69) is 33.3 Å². The first-order valence-electron chi connectivity index (χ1n) is 7.45. The number of unbranched alkanes of at least 4 members (excludes halogenated alkanes) is 1. The molecule has 0 aliphatic heterocycles. The highest BCUT2D eigenvalue weighted by molar-refractivity contribution is 9.10. The van der Waals surface area contributed by atoms with Gasteiger partial charge in [-0.25, -0.2) is 4.68 Å². The lowest BCUT2D eigenvalue weighted by atomic mass is 10.1. The van der Waals surface area contributed by atoms with Gasteiger partial charge in [0.2, 0.25) is 0 Å². The molecule has 1 heterocycles. The van der Waals surface area contributed by atoms with Gasteiger partial charge in [0.15, 0.2) is 0 Å². The average Bonchev–Trinajstić information content (AvgIpc) is 3.02. The van der Waals surface area contributed by atoms with Crippen molar-refractivity contribution in [3.63, 3.8) is 0 Å². The Hall–Kier alpha value is -1.66. The molecule has 1 aromatic heterocycles. The first-order chi connectivity index (χ1) is 10.6. The molecule has 1 aromatic carbocycles. The highest BCUT2D eigenvalue weighted by Gasteiger charge is 2.14. The molecule has 118 valence electrons. The monoisotopic (exact) mass is 364 g/mol. The van der Waals surface area contributed by atoms with Gasteiger partial charge < -0.3 is 11.1 Å². The number of halogens is 1. The Morgan fingerprint density at radius 2 is 2.14 bits per heavy atom. The number of nitrogens with zero attached hydrogens (tertiary/aromatic N) is 2. The first-order valence-corrected chi connectivity index (χ1v) is 8.25. The molecule has 1 atom stereocenters. The number of amides is 1. The Labute approximate surface area is 139 Å². The van der Waals surface area contributed by atoms with Crippen molar-refractivity contribution in [2.75, 3.05) is 6.54 Å². The van der Waals surface area contributed by atoms with Gasteiger partial charge >= 0.3 is 0 Å². The second-order valence-corrected chi connectivity index (χ2v) is 6.11. The molecule has 6 heteroatoms. The Kier molecular flexibility index (Phi) is 6.15. The van der Waals surface area contributed by atoms with E-state index in [-0.39, 0.29) is 11.9 Å². The van der Waals surface area contributed by atoms with Crippen LogP contribution < -0.4 is 11.1 Å². The van der Waals surface area contributed by atoms with Crippen molar-refractivity contribution in [2.45, 2.75) is 32.2 Å². The van der Waals surface area contributed by atoms with E-state index in [1.54, 1.807) is 17.1 Å². The minimum atomic E-state index is -0.130. The zero-order valence-corrected chi connectivity index (χ0v) is 14.2. The number of benzene rings is 1. The van der Waals surface area contributed by atoms with Gasteiger partial charge in [-0.2, -0.15) is 5.10 Å². The fourth-order valence-corrected chi connectivity index (χ4v) is 2.41. The minimum absolute atomic E-state index is 0.0171. The second kappa shape index (κ2) is 8.10. The van der Waals surface area contributed by atoms with Crippen LogP contribution in [0.5, 0.6) is 0 Å². The van der Waals surface area contributed by atoms with E-state index in [0.717, 1.165) is 29.4 Å². The van der Waals surface area contributed by atoms with Gasteiger partial charge in [-0.05, 0) is 30.7 Å². The van der Waals surface area contributed by atoms with Crippen LogP contribution in [0.4, 0.5) is 0 Å². The third kappa shape index (κ3) is 4.42. The third-order valence-electron chi connectivity index (χ3n) is 3.46. The molecular weight excluding hydrogens is 344 g/mol. The van der Waals surface area contributed by atoms with Gasteiger partial charge in [0.05, 0.1) is 17.4 Å². The van der Waals surface area contributed by atoms with Crippen molar-refractivity contribution in [3.05, 3.63) is 46.7 Å². The van der Waals surface area contributed by atoms with Crippen molar-refractivity contribution in [1.29, 1.82) is 0 Å². The Morgan fingerprint density at radius 1 is 1.41 bits per heavy atom. The van der Waals surface area contributed by atoms with Crippen LogP contribution in [0.3, 0.4) is 0 Å². The van der Waals surface area contributed by atoms with Crippen LogP contribution in [0.2, 0.25) is 0 Å². The van der Waals surface area contributed by atoms with Gasteiger partial charge in [-0.3, -0.25) is 4.79 Å². The molecule has 1 amide bonds. The molecule has 2 aromatic rings. The number of nitrogens with two attached hydrogens (primary N) is 1. The molecular formula is C16H21BrN4O. The largest absolute Gasteiger partial charge is 0.348 e. The molecule has 0 aliphatic carbocycles. The predicted molar refractivity (Wildman–Crippen MR) is 91.1 cm³/mol. The van der Waals surface area contributed by atoms with Crippen LogP contribution in [0.15, 0.2) is 41.1 Å². The maximum absolute atomic E-state index is 12.2. The number of aromatic nitrogens is 2. The summed E-state index contributed by atoms with van der Waals surface area (Å²) >= 11 is 3.40. The van der Waals surface area contributed by atoms with Crippen molar-refractivity contribution < 1.29 is 4.79 Å². The van der Waals surface area contributed by atoms with Gasteiger partial charge in [0, 0.05) is 23.3 Å². The number of hydrogen-bond donors (Lipinski definition) is 2. The predicted octanol–water partition coefficient (Wildman–Crippen LogP) is 2.88. The molecule has 0 fully saturated rings. The number of hydrogen-bond acceptors (Lipinski definition) is 3. The number of carbonyl (C=O) groups is 1. The summed E-state index contributed by atoms with van der Waals surface area (Å²) in [5.41, 5.74) is 7.16. The van der Waals surface area contributed by atoms with Crippen LogP contribution in [-0.2, 0) is 0 Å². The van der Waals surface area contributed by atoms with Crippen LogP contribution >= 0.6 is 15.9 Å².